The van der Waals surface area contributed by atoms with Crippen LogP contribution < -0.4 is 0 Å². The molecule has 10 heavy (non-hydrogen) atoms. The van der Waals surface area contributed by atoms with Gasteiger partial charge in [-0.25, -0.2) is 4.39 Å². The highest BCUT2D eigenvalue weighted by Crippen LogP contribution is 2.15. The second-order valence-electron chi connectivity index (χ2n) is 1.81. The fourth-order valence-corrected chi connectivity index (χ4v) is 0.624. The smallest absolute Gasteiger partial charge is 0.131 e. The molecule has 0 unspecified atom stereocenters. The molecule has 1 nitrogen and oxygen atoms in total. The van der Waals surface area contributed by atoms with Gasteiger partial charge in [0.1, 0.15) is 11.6 Å². The van der Waals surface area contributed by atoms with Crippen molar-refractivity contribution in [2.24, 2.45) is 0 Å². The highest BCUT2D eigenvalue weighted by atomic mass is 19.1. The van der Waals surface area contributed by atoms with E-state index >= 15 is 0 Å². The highest BCUT2D eigenvalue weighted by Gasteiger charge is 1.97. The Hall–Kier alpha value is -1.49. The third-order valence-electron chi connectivity index (χ3n) is 1.11. The fourth-order valence-electron chi connectivity index (χ4n) is 0.624. The van der Waals surface area contributed by atoms with Crippen LogP contribution in [-0.4, -0.2) is 5.11 Å². The third kappa shape index (κ3) is 1.08. The van der Waals surface area contributed by atoms with E-state index in [2.05, 4.69) is 5.92 Å². The Morgan fingerprint density at radius 2 is 2.20 bits per heavy atom. The maximum Gasteiger partial charge on any atom is 0.131 e. The predicted molar refractivity (Wildman–Crippen MR) is 36.0 cm³/mol. The Labute approximate surface area is 58.1 Å². The number of phenols is 1. The maximum atomic E-state index is 12.3. The lowest BCUT2D eigenvalue weighted by Crippen LogP contribution is -1.78. The van der Waals surface area contributed by atoms with Crippen LogP contribution in [0.25, 0.3) is 0 Å². The van der Waals surface area contributed by atoms with E-state index in [4.69, 9.17) is 11.5 Å². The van der Waals surface area contributed by atoms with Gasteiger partial charge in [-0.2, -0.15) is 0 Å². The minimum absolute atomic E-state index is 0.0658. The Bertz CT molecular complexity index is 286. The Kier molecular flexibility index (Phi) is 1.59. The average molecular weight is 136 g/mol. The van der Waals surface area contributed by atoms with Crippen molar-refractivity contribution in [3.8, 4) is 18.1 Å². The van der Waals surface area contributed by atoms with E-state index in [1.54, 1.807) is 0 Å². The van der Waals surface area contributed by atoms with Gasteiger partial charge in [-0.05, 0) is 18.2 Å². The first-order valence-electron chi connectivity index (χ1n) is 2.69. The maximum absolute atomic E-state index is 12.3. The SMILES string of the molecule is C#Cc1cc(F)ccc1O. The molecule has 0 aromatic heterocycles. The number of halogens is 1. The van der Waals surface area contributed by atoms with Crippen LogP contribution in [0.2, 0.25) is 0 Å². The fraction of sp³-hybridized carbons (Fsp3) is 0. The zero-order chi connectivity index (χ0) is 7.56. The number of rotatable bonds is 0. The highest BCUT2D eigenvalue weighted by molar-refractivity contribution is 5.43. The van der Waals surface area contributed by atoms with Gasteiger partial charge in [0.15, 0.2) is 0 Å². The molecule has 0 spiro atoms. The Morgan fingerprint density at radius 3 is 2.70 bits per heavy atom. The summed E-state index contributed by atoms with van der Waals surface area (Å²) in [5, 5.41) is 8.93. The summed E-state index contributed by atoms with van der Waals surface area (Å²) in [7, 11) is 0. The van der Waals surface area contributed by atoms with Crippen LogP contribution in [0.4, 0.5) is 4.39 Å². The van der Waals surface area contributed by atoms with Crippen molar-refractivity contribution in [2.75, 3.05) is 0 Å². The summed E-state index contributed by atoms with van der Waals surface area (Å²) in [6.45, 7) is 0. The molecule has 0 bridgehead atoms. The molecule has 1 aromatic carbocycles. The largest absolute Gasteiger partial charge is 0.507 e. The summed E-state index contributed by atoms with van der Waals surface area (Å²) in [5.74, 6) is 1.64. The van der Waals surface area contributed by atoms with E-state index in [-0.39, 0.29) is 11.3 Å². The first-order valence-corrected chi connectivity index (χ1v) is 2.69. The van der Waals surface area contributed by atoms with E-state index in [1.807, 2.05) is 0 Å². The molecule has 0 aliphatic heterocycles. The number of phenolic OH excluding ortho intramolecular Hbond substituents is 1. The molecular weight excluding hydrogens is 131 g/mol. The van der Waals surface area contributed by atoms with Crippen molar-refractivity contribution >= 4 is 0 Å². The number of benzene rings is 1. The Morgan fingerprint density at radius 1 is 1.50 bits per heavy atom. The van der Waals surface area contributed by atoms with Crippen molar-refractivity contribution in [2.45, 2.75) is 0 Å². The molecule has 0 aliphatic rings. The monoisotopic (exact) mass is 136 g/mol. The summed E-state index contributed by atoms with van der Waals surface area (Å²) in [6.07, 6.45) is 4.94. The summed E-state index contributed by atoms with van der Waals surface area (Å²) >= 11 is 0. The molecule has 1 N–H and O–H groups in total. The summed E-state index contributed by atoms with van der Waals surface area (Å²) in [6, 6.07) is 3.48. The van der Waals surface area contributed by atoms with Crippen molar-refractivity contribution < 1.29 is 9.50 Å². The third-order valence-corrected chi connectivity index (χ3v) is 1.11. The van der Waals surface area contributed by atoms with Gasteiger partial charge >= 0.3 is 0 Å². The lowest BCUT2D eigenvalue weighted by atomic mass is 10.2. The normalized spacial score (nSPS) is 8.80. The second kappa shape index (κ2) is 2.40. The van der Waals surface area contributed by atoms with Gasteiger partial charge < -0.3 is 5.11 Å². The average Bonchev–Trinajstić information content (AvgIpc) is 1.94. The second-order valence-corrected chi connectivity index (χ2v) is 1.81. The van der Waals surface area contributed by atoms with Crippen LogP contribution in [0.3, 0.4) is 0 Å². The number of aromatic hydroxyl groups is 1. The summed E-state index contributed by atoms with van der Waals surface area (Å²) in [5.41, 5.74) is 0.181. The first-order chi connectivity index (χ1) is 4.74. The summed E-state index contributed by atoms with van der Waals surface area (Å²) < 4.78 is 12.3. The zero-order valence-electron chi connectivity index (χ0n) is 5.13. The quantitative estimate of drug-likeness (QED) is 0.536. The minimum atomic E-state index is -0.439. The van der Waals surface area contributed by atoms with E-state index in [1.165, 1.54) is 6.07 Å². The summed E-state index contributed by atoms with van der Waals surface area (Å²) in [4.78, 5) is 0. The number of hydrogen-bond acceptors (Lipinski definition) is 1. The zero-order valence-corrected chi connectivity index (χ0v) is 5.13. The van der Waals surface area contributed by atoms with Gasteiger partial charge in [-0.3, -0.25) is 0 Å². The van der Waals surface area contributed by atoms with Crippen molar-refractivity contribution in [3.63, 3.8) is 0 Å². The molecular formula is C8H5FO. The van der Waals surface area contributed by atoms with Crippen molar-refractivity contribution in [1.82, 2.24) is 0 Å². The van der Waals surface area contributed by atoms with Gasteiger partial charge in [0.25, 0.3) is 0 Å². The first kappa shape index (κ1) is 6.63. The van der Waals surface area contributed by atoms with Gasteiger partial charge in [0, 0.05) is 0 Å². The number of hydrogen-bond donors (Lipinski definition) is 1. The van der Waals surface area contributed by atoms with Crippen molar-refractivity contribution in [3.05, 3.63) is 29.6 Å². The molecule has 50 valence electrons. The van der Waals surface area contributed by atoms with Crippen LogP contribution in [-0.2, 0) is 0 Å². The lowest BCUT2D eigenvalue weighted by Gasteiger charge is -1.94. The minimum Gasteiger partial charge on any atom is -0.507 e. The van der Waals surface area contributed by atoms with Gasteiger partial charge in [0.2, 0.25) is 0 Å². The predicted octanol–water partition coefficient (Wildman–Crippen LogP) is 1.51. The lowest BCUT2D eigenvalue weighted by molar-refractivity contribution is 0.471. The number of terminal acetylenes is 1. The molecule has 0 fully saturated rings. The van der Waals surface area contributed by atoms with Crippen LogP contribution >= 0.6 is 0 Å². The molecule has 0 heterocycles. The van der Waals surface area contributed by atoms with E-state index < -0.39 is 5.82 Å². The standard InChI is InChI=1S/C8H5FO/c1-2-6-5-7(9)3-4-8(6)10/h1,3-5,10H. The topological polar surface area (TPSA) is 20.2 Å². The molecule has 0 saturated heterocycles. The van der Waals surface area contributed by atoms with Gasteiger partial charge in [-0.15, -0.1) is 6.42 Å². The molecule has 0 amide bonds. The van der Waals surface area contributed by atoms with E-state index in [0.29, 0.717) is 0 Å². The van der Waals surface area contributed by atoms with Crippen LogP contribution in [0, 0.1) is 18.2 Å². The van der Waals surface area contributed by atoms with Gasteiger partial charge in [0.05, 0.1) is 5.56 Å². The molecule has 0 radical (unpaired) electrons. The van der Waals surface area contributed by atoms with Crippen LogP contribution in [0.15, 0.2) is 18.2 Å². The Balaban J connectivity index is 3.25. The molecule has 1 aromatic rings. The van der Waals surface area contributed by atoms with Crippen molar-refractivity contribution in [1.29, 1.82) is 0 Å². The van der Waals surface area contributed by atoms with E-state index in [0.717, 1.165) is 12.1 Å². The van der Waals surface area contributed by atoms with Crippen LogP contribution in [0.1, 0.15) is 5.56 Å². The molecule has 0 aliphatic carbocycles. The molecule has 2 heteroatoms. The molecule has 0 atom stereocenters. The van der Waals surface area contributed by atoms with Crippen LogP contribution in [0.5, 0.6) is 5.75 Å². The molecule has 1 rings (SSSR count). The van der Waals surface area contributed by atoms with E-state index in [9.17, 15) is 4.39 Å². The van der Waals surface area contributed by atoms with Gasteiger partial charge in [-0.1, -0.05) is 5.92 Å². The molecule has 0 saturated carbocycles.